The summed E-state index contributed by atoms with van der Waals surface area (Å²) in [6, 6.07) is 5.16. The molecule has 7 nitrogen and oxygen atoms in total. The predicted molar refractivity (Wildman–Crippen MR) is 119 cm³/mol. The van der Waals surface area contributed by atoms with Crippen LogP contribution in [0, 0.1) is 5.92 Å². The quantitative estimate of drug-likeness (QED) is 0.407. The Hall–Kier alpha value is -1.77. The number of amides is 2. The van der Waals surface area contributed by atoms with Crippen molar-refractivity contribution in [3.63, 3.8) is 0 Å². The third-order valence-electron chi connectivity index (χ3n) is 5.60. The summed E-state index contributed by atoms with van der Waals surface area (Å²) in [5, 5.41) is 10.1. The number of anilines is 1. The van der Waals surface area contributed by atoms with E-state index in [0.29, 0.717) is 30.7 Å². The smallest absolute Gasteiger partial charge is 0.299 e. The highest BCUT2D eigenvalue weighted by Crippen LogP contribution is 2.34. The van der Waals surface area contributed by atoms with Gasteiger partial charge in [0.1, 0.15) is 6.04 Å². The van der Waals surface area contributed by atoms with E-state index >= 15 is 0 Å². The number of nitrogens with one attached hydrogen (secondary N) is 3. The number of halogens is 1. The summed E-state index contributed by atoms with van der Waals surface area (Å²) in [5.41, 5.74) is 7.20. The molecule has 1 radical (unpaired) electrons. The van der Waals surface area contributed by atoms with Gasteiger partial charge in [-0.2, -0.15) is 0 Å². The predicted octanol–water partition coefficient (Wildman–Crippen LogP) is 2.22. The third-order valence-corrected chi connectivity index (χ3v) is 5.84. The van der Waals surface area contributed by atoms with Crippen molar-refractivity contribution in [3.8, 4) is 0 Å². The second-order valence-corrected chi connectivity index (χ2v) is 9.64. The first-order chi connectivity index (χ1) is 14.2. The molecule has 0 spiro atoms. The zero-order valence-electron chi connectivity index (χ0n) is 17.8. The second-order valence-electron chi connectivity index (χ2n) is 9.20. The van der Waals surface area contributed by atoms with Crippen molar-refractivity contribution < 1.29 is 14.2 Å². The molecule has 1 aliphatic heterocycles. The van der Waals surface area contributed by atoms with Crippen LogP contribution in [0.1, 0.15) is 45.6 Å². The first-order valence-electron chi connectivity index (χ1n) is 10.5. The standard InChI is InChI=1S/C21H31BClN4O3/c1-21(2,3)27-19(28)12-4-6-17(15(9-12)22-30-11-24)26-20(29)18-10-13-8-14(23)5-7-16(13)25-18/h5,7-8,12,15,17-18,25H,4,6,9-11,24H2,1-3H3,(H,26,29)(H,27,28)/t12-,15+,17-,18?/m0/s1. The highest BCUT2D eigenvalue weighted by molar-refractivity contribution is 6.31. The molecule has 1 heterocycles. The Morgan fingerprint density at radius 2 is 2.07 bits per heavy atom. The number of carbonyl (C=O) groups is 2. The maximum atomic E-state index is 12.9. The van der Waals surface area contributed by atoms with E-state index in [1.807, 2.05) is 39.0 Å². The van der Waals surface area contributed by atoms with Gasteiger partial charge in [0.15, 0.2) is 0 Å². The van der Waals surface area contributed by atoms with Crippen molar-refractivity contribution in [3.05, 3.63) is 28.8 Å². The molecule has 30 heavy (non-hydrogen) atoms. The van der Waals surface area contributed by atoms with E-state index < -0.39 is 0 Å². The number of fused-ring (bicyclic) bond motifs is 1. The summed E-state index contributed by atoms with van der Waals surface area (Å²) in [4.78, 5) is 25.5. The third kappa shape index (κ3) is 5.90. The van der Waals surface area contributed by atoms with E-state index in [4.69, 9.17) is 22.0 Å². The van der Waals surface area contributed by atoms with E-state index in [1.165, 1.54) is 0 Å². The highest BCUT2D eigenvalue weighted by atomic mass is 35.5. The lowest BCUT2D eigenvalue weighted by Crippen LogP contribution is -2.51. The zero-order valence-corrected chi connectivity index (χ0v) is 18.6. The summed E-state index contributed by atoms with van der Waals surface area (Å²) in [7, 11) is 1.68. The molecule has 3 rings (SSSR count). The van der Waals surface area contributed by atoms with Crippen LogP contribution in [0.25, 0.3) is 0 Å². The Morgan fingerprint density at radius 3 is 2.77 bits per heavy atom. The molecule has 0 bridgehead atoms. The fourth-order valence-corrected chi connectivity index (χ4v) is 4.39. The van der Waals surface area contributed by atoms with Crippen LogP contribution >= 0.6 is 11.6 Å². The Balaban J connectivity index is 1.60. The molecule has 0 aromatic heterocycles. The van der Waals surface area contributed by atoms with Crippen LogP contribution in [0.15, 0.2) is 18.2 Å². The van der Waals surface area contributed by atoms with Crippen molar-refractivity contribution in [2.75, 3.05) is 12.0 Å². The van der Waals surface area contributed by atoms with Gasteiger partial charge < -0.3 is 26.3 Å². The van der Waals surface area contributed by atoms with Crippen molar-refractivity contribution in [2.24, 2.45) is 11.7 Å². The maximum absolute atomic E-state index is 12.9. The Bertz CT molecular complexity index is 786. The molecule has 1 aliphatic carbocycles. The number of hydrogen-bond donors (Lipinski definition) is 4. The summed E-state index contributed by atoms with van der Waals surface area (Å²) in [6.45, 7) is 5.98. The van der Waals surface area contributed by atoms with E-state index in [-0.39, 0.29) is 47.9 Å². The SMILES string of the molecule is CC(C)(C)NC(=O)[C@H]1CC[C@H](NC(=O)C2Cc3cc(Cl)ccc3N2)[C@H]([B]OCN)C1. The molecule has 1 unspecified atom stereocenters. The number of rotatable bonds is 6. The Kier molecular flexibility index (Phi) is 7.32. The van der Waals surface area contributed by atoms with Gasteiger partial charge >= 0.3 is 0 Å². The molecule has 1 aromatic carbocycles. The van der Waals surface area contributed by atoms with Gasteiger partial charge in [0.2, 0.25) is 11.8 Å². The lowest BCUT2D eigenvalue weighted by molar-refractivity contribution is -0.127. The van der Waals surface area contributed by atoms with Crippen molar-refractivity contribution in [1.82, 2.24) is 10.6 Å². The van der Waals surface area contributed by atoms with E-state index in [2.05, 4.69) is 16.0 Å². The second kappa shape index (κ2) is 9.58. The lowest BCUT2D eigenvalue weighted by Gasteiger charge is -2.37. The van der Waals surface area contributed by atoms with Crippen LogP contribution in [0.3, 0.4) is 0 Å². The molecule has 2 amide bonds. The molecule has 1 aromatic rings. The van der Waals surface area contributed by atoms with Crippen LogP contribution in [0.4, 0.5) is 5.69 Å². The fourth-order valence-electron chi connectivity index (χ4n) is 4.20. The van der Waals surface area contributed by atoms with Gasteiger partial charge in [-0.15, -0.1) is 0 Å². The molecular weight excluding hydrogens is 403 g/mol. The van der Waals surface area contributed by atoms with Gasteiger partial charge in [0.25, 0.3) is 7.48 Å². The van der Waals surface area contributed by atoms with Crippen molar-refractivity contribution in [2.45, 2.75) is 69.9 Å². The minimum absolute atomic E-state index is 0.0446. The number of hydrogen-bond acceptors (Lipinski definition) is 5. The largest absolute Gasteiger partial charge is 0.428 e. The minimum Gasteiger partial charge on any atom is -0.428 e. The van der Waals surface area contributed by atoms with Gasteiger partial charge in [0, 0.05) is 34.6 Å². The van der Waals surface area contributed by atoms with Crippen molar-refractivity contribution >= 4 is 36.6 Å². The number of carbonyl (C=O) groups excluding carboxylic acids is 2. The molecule has 163 valence electrons. The van der Waals surface area contributed by atoms with Crippen molar-refractivity contribution in [1.29, 1.82) is 0 Å². The molecule has 0 saturated heterocycles. The molecule has 4 atom stereocenters. The molecular formula is C21H31BClN4O3. The molecule has 2 aliphatic rings. The number of benzene rings is 1. The Labute approximate surface area is 184 Å². The summed E-state index contributed by atoms with van der Waals surface area (Å²) < 4.78 is 5.34. The summed E-state index contributed by atoms with van der Waals surface area (Å²) in [6.07, 6.45) is 2.63. The molecule has 1 fully saturated rings. The molecule has 5 N–H and O–H groups in total. The number of nitrogens with two attached hydrogens (primary N) is 1. The van der Waals surface area contributed by atoms with Crippen LogP contribution in [0.5, 0.6) is 0 Å². The zero-order chi connectivity index (χ0) is 21.9. The highest BCUT2D eigenvalue weighted by Gasteiger charge is 2.38. The van der Waals surface area contributed by atoms with E-state index in [1.54, 1.807) is 7.48 Å². The minimum atomic E-state index is -0.337. The van der Waals surface area contributed by atoms with Crippen LogP contribution < -0.4 is 21.7 Å². The average molecular weight is 434 g/mol. The fraction of sp³-hybridized carbons (Fsp3) is 0.619. The molecule has 1 saturated carbocycles. The van der Waals surface area contributed by atoms with E-state index in [9.17, 15) is 9.59 Å². The van der Waals surface area contributed by atoms with Gasteiger partial charge in [-0.1, -0.05) is 11.6 Å². The molecule has 9 heteroatoms. The monoisotopic (exact) mass is 433 g/mol. The van der Waals surface area contributed by atoms with Crippen LogP contribution in [-0.4, -0.2) is 43.7 Å². The lowest BCUT2D eigenvalue weighted by atomic mass is 9.64. The average Bonchev–Trinajstić information content (AvgIpc) is 3.09. The van der Waals surface area contributed by atoms with Gasteiger partial charge in [0.05, 0.1) is 6.73 Å². The van der Waals surface area contributed by atoms with Gasteiger partial charge in [-0.25, -0.2) is 0 Å². The van der Waals surface area contributed by atoms with E-state index in [0.717, 1.165) is 11.3 Å². The normalized spacial score (nSPS) is 25.8. The topological polar surface area (TPSA) is 105 Å². The van der Waals surface area contributed by atoms with Crippen LogP contribution in [-0.2, 0) is 20.7 Å². The first-order valence-corrected chi connectivity index (χ1v) is 10.9. The summed E-state index contributed by atoms with van der Waals surface area (Å²) in [5.74, 6) is -0.213. The first kappa shape index (κ1) is 22.9. The van der Waals surface area contributed by atoms with Crippen LogP contribution in [0.2, 0.25) is 10.8 Å². The Morgan fingerprint density at radius 1 is 1.30 bits per heavy atom. The maximum Gasteiger partial charge on any atom is 0.299 e. The summed E-state index contributed by atoms with van der Waals surface area (Å²) >= 11 is 6.06. The van der Waals surface area contributed by atoms with Gasteiger partial charge in [-0.05, 0) is 69.6 Å². The van der Waals surface area contributed by atoms with Gasteiger partial charge in [-0.3, -0.25) is 9.59 Å².